The molecule has 90 valence electrons. The Morgan fingerprint density at radius 1 is 1.19 bits per heavy atom. The maximum atomic E-state index is 5.07. The molecule has 0 spiro atoms. The number of para-hydroxylation sites is 1. The van der Waals surface area contributed by atoms with Crippen LogP contribution in [0.15, 0.2) is 24.3 Å². The summed E-state index contributed by atoms with van der Waals surface area (Å²) in [5.74, 6) is 0. The molecule has 0 fully saturated rings. The third kappa shape index (κ3) is 6.40. The van der Waals surface area contributed by atoms with Gasteiger partial charge >= 0.3 is 0 Å². The van der Waals surface area contributed by atoms with Gasteiger partial charge in [0.2, 0.25) is 0 Å². The van der Waals surface area contributed by atoms with Gasteiger partial charge < -0.3 is 10.6 Å². The summed E-state index contributed by atoms with van der Waals surface area (Å²) in [6, 6.07) is 8.07. The molecule has 0 amide bonds. The molecule has 0 heterocycles. The Labute approximate surface area is 104 Å². The molecule has 2 N–H and O–H groups in total. The second-order valence-electron chi connectivity index (χ2n) is 3.51. The van der Waals surface area contributed by atoms with Crippen molar-refractivity contribution in [3.63, 3.8) is 0 Å². The van der Waals surface area contributed by atoms with Crippen molar-refractivity contribution in [3.05, 3.63) is 29.8 Å². The van der Waals surface area contributed by atoms with Crippen molar-refractivity contribution < 1.29 is 0 Å². The number of hydrogen-bond donors (Lipinski definition) is 2. The lowest BCUT2D eigenvalue weighted by molar-refractivity contribution is 0.979. The number of anilines is 1. The summed E-state index contributed by atoms with van der Waals surface area (Å²) >= 11 is 5.07. The van der Waals surface area contributed by atoms with Gasteiger partial charge in [0.25, 0.3) is 0 Å². The maximum absolute atomic E-state index is 5.07. The van der Waals surface area contributed by atoms with E-state index >= 15 is 0 Å². The molecule has 16 heavy (non-hydrogen) atoms. The van der Waals surface area contributed by atoms with Crippen molar-refractivity contribution in [1.82, 2.24) is 5.32 Å². The van der Waals surface area contributed by atoms with E-state index in [1.165, 1.54) is 12.0 Å². The molecular weight excluding hydrogens is 216 g/mol. The standard InChI is InChI=1S/C10H14N2S.C3H8/c1-3-11-10(13)12-9-7-5-4-6-8(9)2;1-3-2/h4-7H,3H2,1-2H3,(H2,11,12,13);3H2,1-2H3. The molecule has 0 aromatic heterocycles. The summed E-state index contributed by atoms with van der Waals surface area (Å²) in [7, 11) is 0. The van der Waals surface area contributed by atoms with Gasteiger partial charge in [-0.25, -0.2) is 0 Å². The zero-order valence-electron chi connectivity index (χ0n) is 10.6. The average molecular weight is 238 g/mol. The minimum Gasteiger partial charge on any atom is -0.363 e. The highest BCUT2D eigenvalue weighted by atomic mass is 32.1. The summed E-state index contributed by atoms with van der Waals surface area (Å²) in [6.07, 6.45) is 1.25. The highest BCUT2D eigenvalue weighted by molar-refractivity contribution is 7.80. The van der Waals surface area contributed by atoms with Gasteiger partial charge in [0.05, 0.1) is 0 Å². The highest BCUT2D eigenvalue weighted by Crippen LogP contribution is 2.12. The summed E-state index contributed by atoms with van der Waals surface area (Å²) in [5, 5.41) is 6.85. The molecule has 0 bridgehead atoms. The fourth-order valence-electron chi connectivity index (χ4n) is 1.04. The maximum Gasteiger partial charge on any atom is 0.170 e. The second-order valence-corrected chi connectivity index (χ2v) is 3.91. The van der Waals surface area contributed by atoms with Gasteiger partial charge in [0.15, 0.2) is 5.11 Å². The van der Waals surface area contributed by atoms with E-state index in [0.717, 1.165) is 12.2 Å². The van der Waals surface area contributed by atoms with E-state index in [4.69, 9.17) is 12.2 Å². The smallest absolute Gasteiger partial charge is 0.170 e. The summed E-state index contributed by atoms with van der Waals surface area (Å²) in [5.41, 5.74) is 2.26. The van der Waals surface area contributed by atoms with E-state index in [0.29, 0.717) is 5.11 Å². The Morgan fingerprint density at radius 3 is 2.25 bits per heavy atom. The summed E-state index contributed by atoms with van der Waals surface area (Å²) < 4.78 is 0. The highest BCUT2D eigenvalue weighted by Gasteiger charge is 1.97. The summed E-state index contributed by atoms with van der Waals surface area (Å²) in [4.78, 5) is 0. The van der Waals surface area contributed by atoms with E-state index in [1.807, 2.05) is 25.1 Å². The van der Waals surface area contributed by atoms with Gasteiger partial charge in [-0.1, -0.05) is 38.5 Å². The lowest BCUT2D eigenvalue weighted by atomic mass is 10.2. The first kappa shape index (κ1) is 14.9. The van der Waals surface area contributed by atoms with Gasteiger partial charge in [-0.05, 0) is 37.7 Å². The van der Waals surface area contributed by atoms with Crippen molar-refractivity contribution in [1.29, 1.82) is 0 Å². The van der Waals surface area contributed by atoms with E-state index in [1.54, 1.807) is 0 Å². The normalized spacial score (nSPS) is 8.75. The molecule has 1 rings (SSSR count). The van der Waals surface area contributed by atoms with Crippen LogP contribution in [-0.2, 0) is 0 Å². The quantitative estimate of drug-likeness (QED) is 0.768. The van der Waals surface area contributed by atoms with Crippen molar-refractivity contribution in [2.45, 2.75) is 34.1 Å². The van der Waals surface area contributed by atoms with Crippen LogP contribution >= 0.6 is 12.2 Å². The predicted molar refractivity (Wildman–Crippen MR) is 77.0 cm³/mol. The van der Waals surface area contributed by atoms with Gasteiger partial charge in [0, 0.05) is 12.2 Å². The molecule has 0 aliphatic heterocycles. The van der Waals surface area contributed by atoms with Crippen molar-refractivity contribution in [2.75, 3.05) is 11.9 Å². The van der Waals surface area contributed by atoms with Crippen LogP contribution in [-0.4, -0.2) is 11.7 Å². The third-order valence-electron chi connectivity index (χ3n) is 1.73. The number of aryl methyl sites for hydroxylation is 1. The van der Waals surface area contributed by atoms with E-state index in [-0.39, 0.29) is 0 Å². The Morgan fingerprint density at radius 2 is 1.75 bits per heavy atom. The van der Waals surface area contributed by atoms with Crippen LogP contribution in [0.3, 0.4) is 0 Å². The largest absolute Gasteiger partial charge is 0.363 e. The Kier molecular flexibility index (Phi) is 8.53. The lowest BCUT2D eigenvalue weighted by Gasteiger charge is -2.10. The molecule has 0 atom stereocenters. The van der Waals surface area contributed by atoms with Gasteiger partial charge in [-0.15, -0.1) is 0 Å². The van der Waals surface area contributed by atoms with Crippen molar-refractivity contribution >= 4 is 23.0 Å². The first-order valence-electron chi connectivity index (χ1n) is 5.76. The first-order valence-corrected chi connectivity index (χ1v) is 6.16. The molecule has 1 aromatic rings. The number of rotatable bonds is 2. The SMILES string of the molecule is CCC.CCNC(=S)Nc1ccccc1C. The van der Waals surface area contributed by atoms with Gasteiger partial charge in [-0.2, -0.15) is 0 Å². The molecule has 0 unspecified atom stereocenters. The van der Waals surface area contributed by atoms with Crippen LogP contribution in [0.5, 0.6) is 0 Å². The summed E-state index contributed by atoms with van der Waals surface area (Å²) in [6.45, 7) is 9.17. The Hall–Kier alpha value is -1.09. The van der Waals surface area contributed by atoms with Crippen molar-refractivity contribution in [2.24, 2.45) is 0 Å². The molecule has 0 saturated heterocycles. The zero-order chi connectivity index (χ0) is 12.4. The molecule has 0 aliphatic rings. The molecular formula is C13H22N2S. The van der Waals surface area contributed by atoms with Gasteiger partial charge in [0.1, 0.15) is 0 Å². The van der Waals surface area contributed by atoms with Crippen LogP contribution in [0, 0.1) is 6.92 Å². The monoisotopic (exact) mass is 238 g/mol. The third-order valence-corrected chi connectivity index (χ3v) is 1.98. The van der Waals surface area contributed by atoms with Crippen LogP contribution in [0.4, 0.5) is 5.69 Å². The van der Waals surface area contributed by atoms with E-state index in [2.05, 4.69) is 37.5 Å². The fourth-order valence-corrected chi connectivity index (χ4v) is 1.29. The lowest BCUT2D eigenvalue weighted by Crippen LogP contribution is -2.28. The number of benzene rings is 1. The zero-order valence-corrected chi connectivity index (χ0v) is 11.4. The molecule has 3 heteroatoms. The Bertz CT molecular complexity index is 311. The first-order chi connectivity index (χ1) is 7.65. The van der Waals surface area contributed by atoms with Crippen LogP contribution in [0.1, 0.15) is 32.8 Å². The number of nitrogens with one attached hydrogen (secondary N) is 2. The molecule has 0 radical (unpaired) electrons. The second kappa shape index (κ2) is 9.16. The average Bonchev–Trinajstić information content (AvgIpc) is 2.23. The van der Waals surface area contributed by atoms with Crippen LogP contribution in [0.2, 0.25) is 0 Å². The van der Waals surface area contributed by atoms with Crippen molar-refractivity contribution in [3.8, 4) is 0 Å². The molecule has 1 aromatic carbocycles. The molecule has 0 aliphatic carbocycles. The van der Waals surface area contributed by atoms with E-state index in [9.17, 15) is 0 Å². The predicted octanol–water partition coefficient (Wildman–Crippen LogP) is 3.72. The number of thiocarbonyl (C=S) groups is 1. The minimum atomic E-state index is 0.678. The minimum absolute atomic E-state index is 0.678. The fraction of sp³-hybridized carbons (Fsp3) is 0.462. The molecule has 0 saturated carbocycles. The van der Waals surface area contributed by atoms with E-state index < -0.39 is 0 Å². The van der Waals surface area contributed by atoms with Gasteiger partial charge in [-0.3, -0.25) is 0 Å². The topological polar surface area (TPSA) is 24.1 Å². The van der Waals surface area contributed by atoms with Crippen LogP contribution < -0.4 is 10.6 Å². The Balaban J connectivity index is 0.000000673. The molecule has 2 nitrogen and oxygen atoms in total. The number of hydrogen-bond acceptors (Lipinski definition) is 1. The van der Waals surface area contributed by atoms with Crippen LogP contribution in [0.25, 0.3) is 0 Å².